The summed E-state index contributed by atoms with van der Waals surface area (Å²) in [7, 11) is 1.69. The molecule has 0 aliphatic carbocycles. The highest BCUT2D eigenvalue weighted by atomic mass is 32.1. The molecule has 176 valence electrons. The fourth-order valence-corrected chi connectivity index (χ4v) is 6.23. The Balaban J connectivity index is 1.11. The van der Waals surface area contributed by atoms with Gasteiger partial charge in [0.15, 0.2) is 0 Å². The van der Waals surface area contributed by atoms with E-state index in [0.717, 1.165) is 50.6 Å². The minimum absolute atomic E-state index is 0.265. The van der Waals surface area contributed by atoms with Crippen LogP contribution in [0.2, 0.25) is 0 Å². The van der Waals surface area contributed by atoms with Crippen molar-refractivity contribution in [1.29, 1.82) is 0 Å². The maximum Gasteiger partial charge on any atom is 0.328 e. The molecule has 2 aliphatic heterocycles. The molecule has 1 N–H and O–H groups in total. The Morgan fingerprint density at radius 3 is 2.91 bits per heavy atom. The van der Waals surface area contributed by atoms with Crippen molar-refractivity contribution in [2.45, 2.75) is 25.3 Å². The SMILES string of the molecule is COc1ccc2c(c1)[C@@H]1CN(CCCCn3c(=O)[nH]c4c(sc5nccnc54)c3=O)C[C@@H]1CO2. The summed E-state index contributed by atoms with van der Waals surface area (Å²) in [5.74, 6) is 2.74. The van der Waals surface area contributed by atoms with Crippen molar-refractivity contribution in [1.82, 2.24) is 24.4 Å². The zero-order valence-corrected chi connectivity index (χ0v) is 19.6. The largest absolute Gasteiger partial charge is 0.497 e. The molecule has 3 aromatic heterocycles. The summed E-state index contributed by atoms with van der Waals surface area (Å²) >= 11 is 1.27. The lowest BCUT2D eigenvalue weighted by molar-refractivity contribution is 0.212. The lowest BCUT2D eigenvalue weighted by atomic mass is 9.87. The van der Waals surface area contributed by atoms with Crippen LogP contribution in [-0.2, 0) is 6.54 Å². The van der Waals surface area contributed by atoms with Gasteiger partial charge in [-0.3, -0.25) is 9.36 Å². The molecule has 0 spiro atoms. The maximum atomic E-state index is 13.0. The van der Waals surface area contributed by atoms with Gasteiger partial charge >= 0.3 is 5.69 Å². The minimum Gasteiger partial charge on any atom is -0.497 e. The quantitative estimate of drug-likeness (QED) is 0.424. The molecule has 0 bridgehead atoms. The molecule has 0 radical (unpaired) electrons. The predicted molar refractivity (Wildman–Crippen MR) is 130 cm³/mol. The molecule has 0 unspecified atom stereocenters. The molecular weight excluding hydrogens is 454 g/mol. The number of ether oxygens (including phenoxy) is 2. The van der Waals surface area contributed by atoms with E-state index in [1.54, 1.807) is 19.5 Å². The molecule has 6 rings (SSSR count). The Bertz CT molecular complexity index is 1490. The number of fused-ring (bicyclic) bond motifs is 6. The lowest BCUT2D eigenvalue weighted by Crippen LogP contribution is -2.34. The molecular formula is C24H25N5O4S. The number of benzene rings is 1. The van der Waals surface area contributed by atoms with E-state index < -0.39 is 5.69 Å². The molecule has 5 heterocycles. The van der Waals surface area contributed by atoms with Gasteiger partial charge in [0, 0.05) is 49.4 Å². The third kappa shape index (κ3) is 3.57. The average Bonchev–Trinajstić information content (AvgIpc) is 3.45. The van der Waals surface area contributed by atoms with Gasteiger partial charge in [0.1, 0.15) is 26.5 Å². The number of nitrogens with one attached hydrogen (secondary N) is 1. The zero-order chi connectivity index (χ0) is 23.2. The summed E-state index contributed by atoms with van der Waals surface area (Å²) in [5.41, 5.74) is 1.63. The van der Waals surface area contributed by atoms with Crippen LogP contribution in [0.15, 0.2) is 40.2 Å². The van der Waals surface area contributed by atoms with Gasteiger partial charge in [0.05, 0.1) is 19.2 Å². The molecule has 1 saturated heterocycles. The first-order chi connectivity index (χ1) is 16.6. The number of hydrogen-bond acceptors (Lipinski definition) is 8. The van der Waals surface area contributed by atoms with Crippen molar-refractivity contribution in [3.63, 3.8) is 0 Å². The molecule has 4 aromatic rings. The van der Waals surface area contributed by atoms with Crippen LogP contribution in [0.1, 0.15) is 24.3 Å². The van der Waals surface area contributed by atoms with Crippen LogP contribution >= 0.6 is 11.3 Å². The molecule has 1 aromatic carbocycles. The van der Waals surface area contributed by atoms with Gasteiger partial charge in [0.25, 0.3) is 5.56 Å². The van der Waals surface area contributed by atoms with Gasteiger partial charge in [-0.15, -0.1) is 11.3 Å². The number of H-pyrrole nitrogens is 1. The van der Waals surface area contributed by atoms with Crippen LogP contribution in [0.4, 0.5) is 0 Å². The number of hydrogen-bond donors (Lipinski definition) is 1. The second kappa shape index (κ2) is 8.52. The fourth-order valence-electron chi connectivity index (χ4n) is 5.23. The van der Waals surface area contributed by atoms with Crippen LogP contribution in [-0.4, -0.2) is 57.8 Å². The van der Waals surface area contributed by atoms with Crippen molar-refractivity contribution in [3.05, 3.63) is 57.0 Å². The van der Waals surface area contributed by atoms with Crippen molar-refractivity contribution in [3.8, 4) is 11.5 Å². The number of methoxy groups -OCH3 is 1. The first-order valence-electron chi connectivity index (χ1n) is 11.5. The molecule has 0 saturated carbocycles. The number of thiophene rings is 1. The third-order valence-corrected chi connectivity index (χ3v) is 8.01. The Labute approximate surface area is 199 Å². The van der Waals surface area contributed by atoms with E-state index in [1.165, 1.54) is 21.5 Å². The first-order valence-corrected chi connectivity index (χ1v) is 12.3. The summed E-state index contributed by atoms with van der Waals surface area (Å²) in [5, 5.41) is 0. The van der Waals surface area contributed by atoms with Gasteiger partial charge in [-0.1, -0.05) is 0 Å². The standard InChI is InChI=1S/C24H25N5O4S/c1-32-15-4-5-18-16(10-15)17-12-28(11-14(17)13-33-18)8-2-3-9-29-23(30)21-19(27-24(29)31)20-22(34-21)26-7-6-25-20/h4-7,10,14,17H,2-3,8-9,11-13H2,1H3,(H,27,31)/t14-,17-/m1/s1. The summed E-state index contributed by atoms with van der Waals surface area (Å²) in [6, 6.07) is 6.05. The van der Waals surface area contributed by atoms with Crippen molar-refractivity contribution in [2.75, 3.05) is 33.4 Å². The fraction of sp³-hybridized carbons (Fsp3) is 0.417. The Morgan fingerprint density at radius 1 is 1.18 bits per heavy atom. The molecule has 0 amide bonds. The summed E-state index contributed by atoms with van der Waals surface area (Å²) in [6.07, 6.45) is 4.81. The summed E-state index contributed by atoms with van der Waals surface area (Å²) < 4.78 is 13.2. The van der Waals surface area contributed by atoms with Gasteiger partial charge in [-0.2, -0.15) is 0 Å². The van der Waals surface area contributed by atoms with Gasteiger partial charge < -0.3 is 19.4 Å². The van der Waals surface area contributed by atoms with Gasteiger partial charge in [-0.25, -0.2) is 14.8 Å². The molecule has 9 nitrogen and oxygen atoms in total. The van der Waals surface area contributed by atoms with Crippen molar-refractivity contribution >= 4 is 31.9 Å². The Kier molecular flexibility index (Phi) is 5.34. The van der Waals surface area contributed by atoms with E-state index in [9.17, 15) is 9.59 Å². The van der Waals surface area contributed by atoms with E-state index in [-0.39, 0.29) is 5.56 Å². The second-order valence-corrected chi connectivity index (χ2v) is 9.95. The van der Waals surface area contributed by atoms with Crippen LogP contribution < -0.4 is 20.7 Å². The van der Waals surface area contributed by atoms with E-state index in [1.807, 2.05) is 12.1 Å². The average molecular weight is 480 g/mol. The monoisotopic (exact) mass is 479 g/mol. The van der Waals surface area contributed by atoms with Gasteiger partial charge in [-0.05, 0) is 37.6 Å². The molecule has 2 atom stereocenters. The molecule has 1 fully saturated rings. The van der Waals surface area contributed by atoms with Crippen molar-refractivity contribution < 1.29 is 9.47 Å². The number of aromatic nitrogens is 4. The third-order valence-electron chi connectivity index (χ3n) is 6.94. The number of aromatic amines is 1. The minimum atomic E-state index is -0.391. The number of rotatable bonds is 6. The van der Waals surface area contributed by atoms with Crippen LogP contribution in [0.5, 0.6) is 11.5 Å². The highest BCUT2D eigenvalue weighted by Gasteiger charge is 2.38. The highest BCUT2D eigenvalue weighted by Crippen LogP contribution is 2.43. The topological polar surface area (TPSA) is 102 Å². The molecule has 34 heavy (non-hydrogen) atoms. The predicted octanol–water partition coefficient (Wildman–Crippen LogP) is 2.59. The number of unbranched alkanes of at least 4 members (excludes halogenated alkanes) is 1. The summed E-state index contributed by atoms with van der Waals surface area (Å²) in [4.78, 5) is 40.1. The maximum absolute atomic E-state index is 13.0. The highest BCUT2D eigenvalue weighted by molar-refractivity contribution is 7.25. The number of likely N-dealkylation sites (tertiary alicyclic amines) is 1. The van der Waals surface area contributed by atoms with E-state index in [0.29, 0.717) is 38.9 Å². The van der Waals surface area contributed by atoms with E-state index in [2.05, 4.69) is 25.9 Å². The molecule has 2 aliphatic rings. The van der Waals surface area contributed by atoms with Crippen molar-refractivity contribution in [2.24, 2.45) is 5.92 Å². The Morgan fingerprint density at radius 2 is 2.03 bits per heavy atom. The lowest BCUT2D eigenvalue weighted by Gasteiger charge is -2.28. The van der Waals surface area contributed by atoms with E-state index in [4.69, 9.17) is 9.47 Å². The molecule has 10 heteroatoms. The van der Waals surface area contributed by atoms with E-state index >= 15 is 0 Å². The second-order valence-electron chi connectivity index (χ2n) is 8.95. The Hall–Kier alpha value is -3.24. The van der Waals surface area contributed by atoms with Crippen LogP contribution in [0, 0.1) is 5.92 Å². The van der Waals surface area contributed by atoms with Crippen LogP contribution in [0.3, 0.4) is 0 Å². The van der Waals surface area contributed by atoms with Gasteiger partial charge in [0.2, 0.25) is 0 Å². The zero-order valence-electron chi connectivity index (χ0n) is 18.8. The normalized spacial score (nSPS) is 19.8. The summed E-state index contributed by atoms with van der Waals surface area (Å²) in [6.45, 7) is 4.04. The van der Waals surface area contributed by atoms with Crippen LogP contribution in [0.25, 0.3) is 20.6 Å². The smallest absolute Gasteiger partial charge is 0.328 e. The number of nitrogens with zero attached hydrogens (tertiary/aromatic N) is 4. The first kappa shape index (κ1) is 21.3.